The second-order valence-electron chi connectivity index (χ2n) is 12.1. The Kier molecular flexibility index (Phi) is 6.25. The maximum absolute atomic E-state index is 2.35. The number of benzene rings is 9. The largest absolute Gasteiger partial charge is 0.0622 e. The van der Waals surface area contributed by atoms with Gasteiger partial charge in [0, 0.05) is 0 Å². The summed E-state index contributed by atoms with van der Waals surface area (Å²) in [6.07, 6.45) is 0. The zero-order valence-corrected chi connectivity index (χ0v) is 25.3. The van der Waals surface area contributed by atoms with Crippen molar-refractivity contribution in [3.05, 3.63) is 182 Å². The van der Waals surface area contributed by atoms with E-state index < -0.39 is 0 Å². The molecule has 46 heavy (non-hydrogen) atoms. The van der Waals surface area contributed by atoms with E-state index in [1.807, 2.05) is 0 Å². The first-order chi connectivity index (χ1) is 22.8. The summed E-state index contributed by atoms with van der Waals surface area (Å²) < 4.78 is 0. The molecule has 0 amide bonds. The van der Waals surface area contributed by atoms with Crippen molar-refractivity contribution in [3.8, 4) is 44.5 Å². The van der Waals surface area contributed by atoms with Crippen LogP contribution >= 0.6 is 0 Å². The molecule has 214 valence electrons. The second-order valence-corrected chi connectivity index (χ2v) is 12.1. The van der Waals surface area contributed by atoms with Gasteiger partial charge >= 0.3 is 0 Å². The summed E-state index contributed by atoms with van der Waals surface area (Å²) in [4.78, 5) is 0. The van der Waals surface area contributed by atoms with Crippen molar-refractivity contribution in [2.24, 2.45) is 0 Å². The number of hydrogen-bond acceptors (Lipinski definition) is 0. The average Bonchev–Trinajstić information content (AvgIpc) is 3.13. The van der Waals surface area contributed by atoms with Crippen molar-refractivity contribution in [2.75, 3.05) is 0 Å². The summed E-state index contributed by atoms with van der Waals surface area (Å²) in [6.45, 7) is 0. The monoisotopic (exact) mass is 582 g/mol. The smallest absolute Gasteiger partial charge is 0.00201 e. The van der Waals surface area contributed by atoms with E-state index >= 15 is 0 Å². The molecule has 0 fully saturated rings. The van der Waals surface area contributed by atoms with E-state index in [-0.39, 0.29) is 0 Å². The molecule has 0 bridgehead atoms. The molecule has 0 N–H and O–H groups in total. The Morgan fingerprint density at radius 2 is 0.696 bits per heavy atom. The van der Waals surface area contributed by atoms with Gasteiger partial charge in [-0.15, -0.1) is 0 Å². The Labute approximate surface area is 268 Å². The summed E-state index contributed by atoms with van der Waals surface area (Å²) in [5.74, 6) is 0. The van der Waals surface area contributed by atoms with Gasteiger partial charge in [0.25, 0.3) is 0 Å². The fourth-order valence-corrected chi connectivity index (χ4v) is 7.33. The van der Waals surface area contributed by atoms with Gasteiger partial charge in [-0.25, -0.2) is 0 Å². The SMILES string of the molecule is c1ccc(-c2ccccc2-c2c3ccccc3c(-c3cccc4cc(-c5ccc6ccccc6c5)ccc34)c3ccccc23)cc1. The van der Waals surface area contributed by atoms with Crippen LogP contribution < -0.4 is 0 Å². The van der Waals surface area contributed by atoms with Crippen LogP contribution in [0, 0.1) is 0 Å². The van der Waals surface area contributed by atoms with Crippen LogP contribution in [-0.2, 0) is 0 Å². The molecule has 0 atom stereocenters. The third kappa shape index (κ3) is 4.30. The maximum Gasteiger partial charge on any atom is -0.00201 e. The van der Waals surface area contributed by atoms with Gasteiger partial charge in [-0.3, -0.25) is 0 Å². The fourth-order valence-electron chi connectivity index (χ4n) is 7.33. The predicted octanol–water partition coefficient (Wildman–Crippen LogP) is 13.0. The molecule has 0 spiro atoms. The number of hydrogen-bond donors (Lipinski definition) is 0. The Balaban J connectivity index is 1.30. The minimum absolute atomic E-state index is 1.23. The van der Waals surface area contributed by atoms with Gasteiger partial charge in [-0.2, -0.15) is 0 Å². The highest BCUT2D eigenvalue weighted by Crippen LogP contribution is 2.47. The molecule has 0 aliphatic carbocycles. The molecule has 9 aromatic carbocycles. The zero-order valence-electron chi connectivity index (χ0n) is 25.3. The van der Waals surface area contributed by atoms with E-state index in [1.165, 1.54) is 87.6 Å². The highest BCUT2D eigenvalue weighted by Gasteiger charge is 2.19. The second kappa shape index (κ2) is 10.9. The average molecular weight is 583 g/mol. The van der Waals surface area contributed by atoms with Crippen molar-refractivity contribution < 1.29 is 0 Å². The van der Waals surface area contributed by atoms with Crippen LogP contribution in [0.2, 0.25) is 0 Å². The summed E-state index contributed by atoms with van der Waals surface area (Å²) in [5.41, 5.74) is 10.0. The molecule has 0 saturated carbocycles. The normalized spacial score (nSPS) is 11.5. The van der Waals surface area contributed by atoms with Crippen molar-refractivity contribution in [1.82, 2.24) is 0 Å². The standard InChI is InChI=1S/C46H30/c1-2-14-32(15-3-1)37-18-6-7-19-39(37)45-41-20-8-10-22-43(41)46(44-23-11-9-21-42(44)45)40-24-12-17-36-30-35(27-28-38(36)40)34-26-25-31-13-4-5-16-33(31)29-34/h1-30H. The topological polar surface area (TPSA) is 0 Å². The van der Waals surface area contributed by atoms with E-state index in [2.05, 4.69) is 182 Å². The summed E-state index contributed by atoms with van der Waals surface area (Å²) >= 11 is 0. The van der Waals surface area contributed by atoms with Crippen molar-refractivity contribution in [2.45, 2.75) is 0 Å². The number of rotatable bonds is 4. The molecule has 9 aromatic rings. The molecule has 0 aromatic heterocycles. The van der Waals surface area contributed by atoms with Crippen molar-refractivity contribution in [1.29, 1.82) is 0 Å². The summed E-state index contributed by atoms with van der Waals surface area (Å²) in [5, 5.41) is 10.1. The van der Waals surface area contributed by atoms with Gasteiger partial charge in [0.2, 0.25) is 0 Å². The molecule has 9 rings (SSSR count). The minimum Gasteiger partial charge on any atom is -0.0622 e. The first-order valence-electron chi connectivity index (χ1n) is 15.9. The Hall–Kier alpha value is -5.98. The van der Waals surface area contributed by atoms with Gasteiger partial charge in [0.15, 0.2) is 0 Å². The van der Waals surface area contributed by atoms with E-state index in [0.717, 1.165) is 0 Å². The lowest BCUT2D eigenvalue weighted by Crippen LogP contribution is -1.93. The highest BCUT2D eigenvalue weighted by molar-refractivity contribution is 6.24. The molecule has 0 unspecified atom stereocenters. The molecule has 0 aliphatic heterocycles. The third-order valence-electron chi connectivity index (χ3n) is 9.45. The van der Waals surface area contributed by atoms with Crippen LogP contribution in [0.5, 0.6) is 0 Å². The van der Waals surface area contributed by atoms with E-state index in [4.69, 9.17) is 0 Å². The van der Waals surface area contributed by atoms with Gasteiger partial charge < -0.3 is 0 Å². The van der Waals surface area contributed by atoms with Crippen LogP contribution in [0.3, 0.4) is 0 Å². The molecular weight excluding hydrogens is 553 g/mol. The Morgan fingerprint density at radius 3 is 1.39 bits per heavy atom. The third-order valence-corrected chi connectivity index (χ3v) is 9.45. The Morgan fingerprint density at radius 1 is 0.217 bits per heavy atom. The van der Waals surface area contributed by atoms with Crippen LogP contribution in [0.25, 0.3) is 87.6 Å². The van der Waals surface area contributed by atoms with Gasteiger partial charge in [0.05, 0.1) is 0 Å². The molecule has 0 saturated heterocycles. The molecule has 0 radical (unpaired) electrons. The van der Waals surface area contributed by atoms with Gasteiger partial charge in [-0.1, -0.05) is 170 Å². The lowest BCUT2D eigenvalue weighted by atomic mass is 9.83. The minimum atomic E-state index is 1.23. The first kappa shape index (κ1) is 26.4. The predicted molar refractivity (Wildman–Crippen MR) is 198 cm³/mol. The van der Waals surface area contributed by atoms with Crippen LogP contribution in [-0.4, -0.2) is 0 Å². The van der Waals surface area contributed by atoms with Gasteiger partial charge in [0.1, 0.15) is 0 Å². The maximum atomic E-state index is 2.35. The Bertz CT molecular complexity index is 2520. The van der Waals surface area contributed by atoms with Crippen LogP contribution in [0.4, 0.5) is 0 Å². The van der Waals surface area contributed by atoms with Crippen LogP contribution in [0.15, 0.2) is 182 Å². The molecule has 0 heteroatoms. The molecule has 0 nitrogen and oxygen atoms in total. The molecule has 0 aliphatic rings. The number of fused-ring (bicyclic) bond motifs is 4. The van der Waals surface area contributed by atoms with Crippen LogP contribution in [0.1, 0.15) is 0 Å². The molecular formula is C46H30. The van der Waals surface area contributed by atoms with E-state index in [0.29, 0.717) is 0 Å². The van der Waals surface area contributed by atoms with Gasteiger partial charge in [-0.05, 0) is 99.7 Å². The first-order valence-corrected chi connectivity index (χ1v) is 15.9. The lowest BCUT2D eigenvalue weighted by Gasteiger charge is -2.20. The quantitative estimate of drug-likeness (QED) is 0.181. The van der Waals surface area contributed by atoms with Crippen molar-refractivity contribution >= 4 is 43.1 Å². The van der Waals surface area contributed by atoms with E-state index in [1.54, 1.807) is 0 Å². The highest BCUT2D eigenvalue weighted by atomic mass is 14.2. The molecule has 0 heterocycles. The van der Waals surface area contributed by atoms with E-state index in [9.17, 15) is 0 Å². The summed E-state index contributed by atoms with van der Waals surface area (Å²) in [7, 11) is 0. The zero-order chi connectivity index (χ0) is 30.5. The lowest BCUT2D eigenvalue weighted by molar-refractivity contribution is 1.61. The van der Waals surface area contributed by atoms with Crippen molar-refractivity contribution in [3.63, 3.8) is 0 Å². The fraction of sp³-hybridized carbons (Fsp3) is 0. The summed E-state index contributed by atoms with van der Waals surface area (Å²) in [6, 6.07) is 66.5.